The summed E-state index contributed by atoms with van der Waals surface area (Å²) in [6.45, 7) is 0.441. The highest BCUT2D eigenvalue weighted by Gasteiger charge is 2.37. The van der Waals surface area contributed by atoms with Crippen molar-refractivity contribution in [1.29, 1.82) is 0 Å². The minimum Gasteiger partial charge on any atom is -0.477 e. The van der Waals surface area contributed by atoms with E-state index >= 15 is 0 Å². The van der Waals surface area contributed by atoms with Crippen molar-refractivity contribution in [2.75, 3.05) is 19.8 Å². The summed E-state index contributed by atoms with van der Waals surface area (Å²) >= 11 is 0. The third kappa shape index (κ3) is 1.71. The highest BCUT2D eigenvalue weighted by molar-refractivity contribution is 5.26. The first-order chi connectivity index (χ1) is 8.70. The second-order valence-corrected chi connectivity index (χ2v) is 4.47. The van der Waals surface area contributed by atoms with E-state index in [0.29, 0.717) is 18.9 Å². The molecule has 0 amide bonds. The van der Waals surface area contributed by atoms with Gasteiger partial charge in [0.1, 0.15) is 12.2 Å². The Kier molecular flexibility index (Phi) is 2.81. The van der Waals surface area contributed by atoms with Crippen LogP contribution < -0.4 is 10.4 Å². The number of hydrogen-bond donors (Lipinski definition) is 2. The third-order valence-corrected chi connectivity index (χ3v) is 3.39. The fraction of sp³-hybridized carbons (Fsp3) is 0.636. The Morgan fingerprint density at radius 1 is 1.56 bits per heavy atom. The minimum absolute atomic E-state index is 0.188. The first kappa shape index (κ1) is 11.6. The van der Waals surface area contributed by atoms with E-state index in [9.17, 15) is 9.90 Å². The number of fused-ring (bicyclic) bond motifs is 1. The van der Waals surface area contributed by atoms with Gasteiger partial charge in [-0.2, -0.15) is 4.98 Å². The zero-order valence-electron chi connectivity index (χ0n) is 9.65. The standard InChI is InChI=1S/C11H14N2O5/c14-4-8-9(15)7(5-18-8)13-3-6-1-2-17-10(6)12-11(13)16/h3,7-9,14-15H,1-2,4-5H2. The van der Waals surface area contributed by atoms with E-state index in [1.54, 1.807) is 6.20 Å². The molecule has 98 valence electrons. The number of ether oxygens (including phenoxy) is 2. The maximum absolute atomic E-state index is 11.8. The Labute approximate surface area is 103 Å². The number of aliphatic hydroxyl groups excluding tert-OH is 2. The van der Waals surface area contributed by atoms with E-state index in [0.717, 1.165) is 5.56 Å². The van der Waals surface area contributed by atoms with Crippen molar-refractivity contribution in [1.82, 2.24) is 9.55 Å². The SMILES string of the molecule is O=c1nc2c(cn1C1COC(CO)C1O)CCO2. The van der Waals surface area contributed by atoms with Gasteiger partial charge in [0.05, 0.1) is 25.9 Å². The average molecular weight is 254 g/mol. The second kappa shape index (κ2) is 4.34. The van der Waals surface area contributed by atoms with E-state index in [4.69, 9.17) is 14.6 Å². The summed E-state index contributed by atoms with van der Waals surface area (Å²) in [5.41, 5.74) is 0.385. The molecule has 18 heavy (non-hydrogen) atoms. The molecule has 1 fully saturated rings. The normalized spacial score (nSPS) is 30.2. The van der Waals surface area contributed by atoms with E-state index in [-0.39, 0.29) is 13.2 Å². The van der Waals surface area contributed by atoms with Crippen LogP contribution in [-0.4, -0.2) is 51.8 Å². The zero-order chi connectivity index (χ0) is 12.7. The van der Waals surface area contributed by atoms with Crippen LogP contribution in [0, 0.1) is 0 Å². The van der Waals surface area contributed by atoms with Crippen LogP contribution in [0.2, 0.25) is 0 Å². The molecule has 0 aromatic carbocycles. The van der Waals surface area contributed by atoms with Gasteiger partial charge in [-0.15, -0.1) is 0 Å². The molecule has 2 N–H and O–H groups in total. The van der Waals surface area contributed by atoms with Crippen molar-refractivity contribution in [3.8, 4) is 5.88 Å². The van der Waals surface area contributed by atoms with Gasteiger partial charge >= 0.3 is 5.69 Å². The Hall–Kier alpha value is -1.44. The zero-order valence-corrected chi connectivity index (χ0v) is 9.65. The fourth-order valence-electron chi connectivity index (χ4n) is 2.36. The molecule has 2 aliphatic rings. The summed E-state index contributed by atoms with van der Waals surface area (Å²) in [5.74, 6) is 0.378. The molecular weight excluding hydrogens is 240 g/mol. The van der Waals surface area contributed by atoms with Gasteiger partial charge < -0.3 is 19.7 Å². The fourth-order valence-corrected chi connectivity index (χ4v) is 2.36. The van der Waals surface area contributed by atoms with Crippen LogP contribution in [0.3, 0.4) is 0 Å². The lowest BCUT2D eigenvalue weighted by molar-refractivity contribution is 0.00188. The van der Waals surface area contributed by atoms with Gasteiger partial charge in [-0.25, -0.2) is 4.79 Å². The van der Waals surface area contributed by atoms with Crippen LogP contribution >= 0.6 is 0 Å². The number of aromatic nitrogens is 2. The lowest BCUT2D eigenvalue weighted by Crippen LogP contribution is -2.36. The van der Waals surface area contributed by atoms with Gasteiger partial charge in [0.25, 0.3) is 0 Å². The molecule has 0 aliphatic carbocycles. The van der Waals surface area contributed by atoms with Crippen LogP contribution in [0.25, 0.3) is 0 Å². The van der Waals surface area contributed by atoms with Crippen molar-refractivity contribution in [2.45, 2.75) is 24.7 Å². The predicted molar refractivity (Wildman–Crippen MR) is 59.6 cm³/mol. The molecule has 7 heteroatoms. The van der Waals surface area contributed by atoms with Gasteiger partial charge in [-0.1, -0.05) is 0 Å². The molecule has 3 atom stereocenters. The molecule has 3 unspecified atom stereocenters. The maximum Gasteiger partial charge on any atom is 0.351 e. The first-order valence-electron chi connectivity index (χ1n) is 5.86. The van der Waals surface area contributed by atoms with Crippen molar-refractivity contribution < 1.29 is 19.7 Å². The minimum atomic E-state index is -0.908. The highest BCUT2D eigenvalue weighted by Crippen LogP contribution is 2.26. The topological polar surface area (TPSA) is 93.8 Å². The third-order valence-electron chi connectivity index (χ3n) is 3.39. The van der Waals surface area contributed by atoms with Gasteiger partial charge in [0.15, 0.2) is 0 Å². The van der Waals surface area contributed by atoms with Gasteiger partial charge in [-0.05, 0) is 0 Å². The van der Waals surface area contributed by atoms with Crippen molar-refractivity contribution in [3.63, 3.8) is 0 Å². The molecule has 0 saturated carbocycles. The van der Waals surface area contributed by atoms with Gasteiger partial charge in [-0.3, -0.25) is 4.57 Å². The summed E-state index contributed by atoms with van der Waals surface area (Å²) in [4.78, 5) is 15.7. The van der Waals surface area contributed by atoms with E-state index in [2.05, 4.69) is 4.98 Å². The summed E-state index contributed by atoms with van der Waals surface area (Å²) in [6.07, 6.45) is 0.811. The molecule has 1 aromatic heterocycles. The number of aliphatic hydroxyl groups is 2. The molecule has 3 rings (SSSR count). The Morgan fingerprint density at radius 2 is 2.39 bits per heavy atom. The predicted octanol–water partition coefficient (Wildman–Crippen LogP) is -1.53. The maximum atomic E-state index is 11.8. The largest absolute Gasteiger partial charge is 0.477 e. The molecule has 0 radical (unpaired) electrons. The molecule has 1 aromatic rings. The summed E-state index contributed by atoms with van der Waals surface area (Å²) in [7, 11) is 0. The van der Waals surface area contributed by atoms with Gasteiger partial charge in [0.2, 0.25) is 5.88 Å². The van der Waals surface area contributed by atoms with E-state index in [1.807, 2.05) is 0 Å². The van der Waals surface area contributed by atoms with Crippen LogP contribution in [0.1, 0.15) is 11.6 Å². The van der Waals surface area contributed by atoms with Crippen molar-refractivity contribution >= 4 is 0 Å². The van der Waals surface area contributed by atoms with Crippen LogP contribution in [0.4, 0.5) is 0 Å². The molecule has 1 saturated heterocycles. The van der Waals surface area contributed by atoms with Gasteiger partial charge in [0, 0.05) is 18.2 Å². The number of hydrogen-bond acceptors (Lipinski definition) is 6. The Bertz CT molecular complexity index is 515. The molecule has 0 spiro atoms. The smallest absolute Gasteiger partial charge is 0.351 e. The lowest BCUT2D eigenvalue weighted by atomic mass is 10.1. The number of nitrogens with zero attached hydrogens (tertiary/aromatic N) is 2. The Balaban J connectivity index is 1.96. The van der Waals surface area contributed by atoms with Crippen LogP contribution in [0.5, 0.6) is 5.88 Å². The van der Waals surface area contributed by atoms with E-state index < -0.39 is 23.9 Å². The summed E-state index contributed by atoms with van der Waals surface area (Å²) < 4.78 is 11.8. The Morgan fingerprint density at radius 3 is 3.11 bits per heavy atom. The van der Waals surface area contributed by atoms with E-state index in [1.165, 1.54) is 4.57 Å². The van der Waals surface area contributed by atoms with Crippen LogP contribution in [0.15, 0.2) is 11.0 Å². The van der Waals surface area contributed by atoms with Crippen molar-refractivity contribution in [2.24, 2.45) is 0 Å². The quantitative estimate of drug-likeness (QED) is 0.665. The van der Waals surface area contributed by atoms with Crippen LogP contribution in [-0.2, 0) is 11.2 Å². The second-order valence-electron chi connectivity index (χ2n) is 4.47. The monoisotopic (exact) mass is 254 g/mol. The molecular formula is C11H14N2O5. The highest BCUT2D eigenvalue weighted by atomic mass is 16.5. The lowest BCUT2D eigenvalue weighted by Gasteiger charge is -2.18. The molecule has 0 bridgehead atoms. The number of rotatable bonds is 2. The average Bonchev–Trinajstić information content (AvgIpc) is 2.94. The first-order valence-corrected chi connectivity index (χ1v) is 5.86. The molecule has 7 nitrogen and oxygen atoms in total. The molecule has 2 aliphatic heterocycles. The summed E-state index contributed by atoms with van der Waals surface area (Å²) in [6, 6.07) is -0.506. The molecule has 3 heterocycles. The summed E-state index contributed by atoms with van der Waals surface area (Å²) in [5, 5.41) is 19.0. The van der Waals surface area contributed by atoms with Crippen molar-refractivity contribution in [3.05, 3.63) is 22.2 Å².